The summed E-state index contributed by atoms with van der Waals surface area (Å²) in [7, 11) is -2.17. The van der Waals surface area contributed by atoms with E-state index < -0.39 is 10.0 Å². The molecule has 0 aromatic heterocycles. The van der Waals surface area contributed by atoms with Crippen molar-refractivity contribution < 1.29 is 18.0 Å². The van der Waals surface area contributed by atoms with Gasteiger partial charge in [0, 0.05) is 44.7 Å². The van der Waals surface area contributed by atoms with E-state index in [-0.39, 0.29) is 22.6 Å². The quantitative estimate of drug-likeness (QED) is 0.650. The summed E-state index contributed by atoms with van der Waals surface area (Å²) in [6, 6.07) is 13.4. The first-order valence-corrected chi connectivity index (χ1v) is 13.4. The van der Waals surface area contributed by atoms with Crippen LogP contribution in [0, 0.1) is 12.8 Å². The Morgan fingerprint density at radius 3 is 2.00 bits per heavy atom. The monoisotopic (exact) mass is 483 g/mol. The molecule has 0 radical (unpaired) electrons. The van der Waals surface area contributed by atoms with Gasteiger partial charge in [-0.1, -0.05) is 17.7 Å². The summed E-state index contributed by atoms with van der Waals surface area (Å²) in [6.45, 7) is 4.75. The topological polar surface area (TPSA) is 78.0 Å². The van der Waals surface area contributed by atoms with Gasteiger partial charge in [0.25, 0.3) is 15.9 Å². The first kappa shape index (κ1) is 24.3. The summed E-state index contributed by atoms with van der Waals surface area (Å²) in [4.78, 5) is 29.8. The van der Waals surface area contributed by atoms with E-state index in [1.165, 1.54) is 17.8 Å². The lowest BCUT2D eigenvalue weighted by molar-refractivity contribution is -0.137. The highest BCUT2D eigenvalue weighted by molar-refractivity contribution is 7.92. The molecule has 0 spiro atoms. The van der Waals surface area contributed by atoms with Crippen LogP contribution in [0.2, 0.25) is 0 Å². The maximum atomic E-state index is 13.0. The Morgan fingerprint density at radius 1 is 0.824 bits per heavy atom. The number of sulfonamides is 1. The summed E-state index contributed by atoms with van der Waals surface area (Å²) in [5, 5.41) is 0. The average molecular weight is 484 g/mol. The molecule has 0 bridgehead atoms. The van der Waals surface area contributed by atoms with E-state index in [0.717, 1.165) is 31.5 Å². The molecule has 0 atom stereocenters. The summed E-state index contributed by atoms with van der Waals surface area (Å²) in [5.41, 5.74) is 2.00. The standard InChI is InChI=1S/C26H33N3O4S/c1-20-6-12-24(13-7-20)34(32,33)27(2)23-10-8-21(9-11-23)25(30)29-18-14-22(15-19-29)26(31)28-16-4-3-5-17-28/h6-13,22H,3-5,14-19H2,1-2H3. The number of likely N-dealkylation sites (tertiary alicyclic amines) is 2. The molecular weight excluding hydrogens is 450 g/mol. The first-order chi connectivity index (χ1) is 16.3. The van der Waals surface area contributed by atoms with E-state index in [9.17, 15) is 18.0 Å². The summed E-state index contributed by atoms with van der Waals surface area (Å²) >= 11 is 0. The van der Waals surface area contributed by atoms with Crippen molar-refractivity contribution in [3.05, 3.63) is 59.7 Å². The molecule has 2 heterocycles. The van der Waals surface area contributed by atoms with Crippen LogP contribution in [0.4, 0.5) is 5.69 Å². The van der Waals surface area contributed by atoms with E-state index in [1.807, 2.05) is 11.8 Å². The molecule has 34 heavy (non-hydrogen) atoms. The molecule has 2 aliphatic rings. The predicted octanol–water partition coefficient (Wildman–Crippen LogP) is 3.68. The predicted molar refractivity (Wildman–Crippen MR) is 132 cm³/mol. The average Bonchev–Trinajstić information content (AvgIpc) is 2.88. The van der Waals surface area contributed by atoms with E-state index >= 15 is 0 Å². The minimum absolute atomic E-state index is 0.00477. The number of hydrogen-bond acceptors (Lipinski definition) is 4. The third-order valence-electron chi connectivity index (χ3n) is 6.96. The van der Waals surface area contributed by atoms with Crippen molar-refractivity contribution in [1.82, 2.24) is 9.80 Å². The Bertz CT molecular complexity index is 1120. The number of carbonyl (C=O) groups is 2. The van der Waals surface area contributed by atoms with Crippen molar-refractivity contribution in [3.8, 4) is 0 Å². The number of aryl methyl sites for hydroxylation is 1. The number of benzene rings is 2. The van der Waals surface area contributed by atoms with E-state index in [0.29, 0.717) is 37.2 Å². The van der Waals surface area contributed by atoms with Crippen molar-refractivity contribution >= 4 is 27.5 Å². The van der Waals surface area contributed by atoms with Gasteiger partial charge >= 0.3 is 0 Å². The lowest BCUT2D eigenvalue weighted by atomic mass is 9.94. The minimum Gasteiger partial charge on any atom is -0.342 e. The second-order valence-electron chi connectivity index (χ2n) is 9.28. The molecule has 2 fully saturated rings. The molecule has 2 aliphatic heterocycles. The maximum Gasteiger partial charge on any atom is 0.264 e. The van der Waals surface area contributed by atoms with Crippen molar-refractivity contribution in [2.24, 2.45) is 5.92 Å². The summed E-state index contributed by atoms with van der Waals surface area (Å²) in [6.07, 6.45) is 4.75. The largest absolute Gasteiger partial charge is 0.342 e. The maximum absolute atomic E-state index is 13.0. The number of amides is 2. The van der Waals surface area contributed by atoms with Gasteiger partial charge in [-0.2, -0.15) is 0 Å². The van der Waals surface area contributed by atoms with Gasteiger partial charge in [-0.25, -0.2) is 8.42 Å². The van der Waals surface area contributed by atoms with E-state index in [4.69, 9.17) is 0 Å². The molecule has 182 valence electrons. The molecule has 0 aliphatic carbocycles. The smallest absolute Gasteiger partial charge is 0.264 e. The Hall–Kier alpha value is -2.87. The number of anilines is 1. The van der Waals surface area contributed by atoms with Crippen molar-refractivity contribution in [3.63, 3.8) is 0 Å². The van der Waals surface area contributed by atoms with Crippen LogP contribution in [-0.4, -0.2) is 63.3 Å². The van der Waals surface area contributed by atoms with Crippen molar-refractivity contribution in [2.75, 3.05) is 37.5 Å². The Balaban J connectivity index is 1.37. The number of hydrogen-bond donors (Lipinski definition) is 0. The van der Waals surface area contributed by atoms with Crippen LogP contribution in [0.3, 0.4) is 0 Å². The molecule has 2 aromatic rings. The summed E-state index contributed by atoms with van der Waals surface area (Å²) < 4.78 is 27.1. The van der Waals surface area contributed by atoms with E-state index in [1.54, 1.807) is 53.4 Å². The SMILES string of the molecule is Cc1ccc(S(=O)(=O)N(C)c2ccc(C(=O)N3CCC(C(=O)N4CCCCC4)CC3)cc2)cc1. The number of piperidine rings is 2. The van der Waals surface area contributed by atoms with E-state index in [2.05, 4.69) is 0 Å². The number of nitrogens with zero attached hydrogens (tertiary/aromatic N) is 3. The highest BCUT2D eigenvalue weighted by Gasteiger charge is 2.31. The third-order valence-corrected chi connectivity index (χ3v) is 8.76. The molecule has 7 nitrogen and oxygen atoms in total. The van der Waals surface area contributed by atoms with Crippen LogP contribution in [-0.2, 0) is 14.8 Å². The molecule has 0 unspecified atom stereocenters. The van der Waals surface area contributed by atoms with Crippen molar-refractivity contribution in [1.29, 1.82) is 0 Å². The van der Waals surface area contributed by atoms with Gasteiger partial charge in [-0.05, 0) is 75.4 Å². The van der Waals surface area contributed by atoms with Gasteiger partial charge < -0.3 is 9.80 Å². The fourth-order valence-electron chi connectivity index (χ4n) is 4.71. The third kappa shape index (κ3) is 5.12. The second kappa shape index (κ2) is 10.2. The highest BCUT2D eigenvalue weighted by Crippen LogP contribution is 2.25. The Labute approximate surface area is 202 Å². The number of rotatable bonds is 5. The van der Waals surface area contributed by atoms with Crippen LogP contribution < -0.4 is 4.31 Å². The van der Waals surface area contributed by atoms with Crippen LogP contribution in [0.25, 0.3) is 0 Å². The first-order valence-electron chi connectivity index (χ1n) is 12.0. The normalized spacial score (nSPS) is 17.5. The van der Waals surface area contributed by atoms with Gasteiger partial charge in [-0.15, -0.1) is 0 Å². The summed E-state index contributed by atoms with van der Waals surface area (Å²) in [5.74, 6) is 0.165. The van der Waals surface area contributed by atoms with Crippen LogP contribution in [0.15, 0.2) is 53.4 Å². The minimum atomic E-state index is -3.68. The zero-order valence-corrected chi connectivity index (χ0v) is 20.8. The molecule has 2 aromatic carbocycles. The fraction of sp³-hybridized carbons (Fsp3) is 0.462. The second-order valence-corrected chi connectivity index (χ2v) is 11.3. The molecular formula is C26H33N3O4S. The molecule has 0 N–H and O–H groups in total. The molecule has 0 saturated carbocycles. The zero-order valence-electron chi connectivity index (χ0n) is 19.9. The molecule has 4 rings (SSSR count). The molecule has 2 amide bonds. The molecule has 8 heteroatoms. The Morgan fingerprint density at radius 2 is 1.41 bits per heavy atom. The lowest BCUT2D eigenvalue weighted by Crippen LogP contribution is -2.45. The lowest BCUT2D eigenvalue weighted by Gasteiger charge is -2.35. The van der Waals surface area contributed by atoms with Gasteiger partial charge in [0.2, 0.25) is 5.91 Å². The number of carbonyl (C=O) groups excluding carboxylic acids is 2. The van der Waals surface area contributed by atoms with Crippen LogP contribution >= 0.6 is 0 Å². The van der Waals surface area contributed by atoms with Gasteiger partial charge in [0.15, 0.2) is 0 Å². The van der Waals surface area contributed by atoms with Gasteiger partial charge in [-0.3, -0.25) is 13.9 Å². The van der Waals surface area contributed by atoms with Crippen LogP contribution in [0.5, 0.6) is 0 Å². The Kier molecular flexibility index (Phi) is 7.26. The van der Waals surface area contributed by atoms with Gasteiger partial charge in [0.1, 0.15) is 0 Å². The fourth-order valence-corrected chi connectivity index (χ4v) is 5.90. The van der Waals surface area contributed by atoms with Crippen molar-refractivity contribution in [2.45, 2.75) is 43.9 Å². The molecule has 2 saturated heterocycles. The highest BCUT2D eigenvalue weighted by atomic mass is 32.2. The zero-order chi connectivity index (χ0) is 24.3. The van der Waals surface area contributed by atoms with Crippen LogP contribution in [0.1, 0.15) is 48.0 Å². The van der Waals surface area contributed by atoms with Gasteiger partial charge in [0.05, 0.1) is 10.6 Å².